The van der Waals surface area contributed by atoms with Crippen LogP contribution in [0.1, 0.15) is 16.1 Å². The Balaban J connectivity index is 1.44. The molecule has 0 radical (unpaired) electrons. The Morgan fingerprint density at radius 1 is 1.10 bits per heavy atom. The van der Waals surface area contributed by atoms with Gasteiger partial charge in [0.2, 0.25) is 0 Å². The summed E-state index contributed by atoms with van der Waals surface area (Å²) in [7, 11) is 1.46. The summed E-state index contributed by atoms with van der Waals surface area (Å²) in [5.41, 5.74) is 2.56. The fourth-order valence-corrected chi connectivity index (χ4v) is 3.61. The molecule has 0 atom stereocenters. The van der Waals surface area contributed by atoms with Crippen molar-refractivity contribution in [3.05, 3.63) is 88.3 Å². The van der Waals surface area contributed by atoms with E-state index < -0.39 is 0 Å². The molecular formula is C22H17Cl2N3O3. The van der Waals surface area contributed by atoms with Crippen LogP contribution in [-0.4, -0.2) is 22.4 Å². The van der Waals surface area contributed by atoms with Crippen LogP contribution in [0.2, 0.25) is 10.0 Å². The highest BCUT2D eigenvalue weighted by Gasteiger charge is 2.14. The molecule has 0 unspecified atom stereocenters. The molecular weight excluding hydrogens is 425 g/mol. The maximum atomic E-state index is 12.6. The average Bonchev–Trinajstić information content (AvgIpc) is 3.15. The summed E-state index contributed by atoms with van der Waals surface area (Å²) in [4.78, 5) is 17.1. The van der Waals surface area contributed by atoms with E-state index in [1.165, 1.54) is 19.2 Å². The molecule has 0 aliphatic heterocycles. The predicted octanol–water partition coefficient (Wildman–Crippen LogP) is 5.48. The maximum absolute atomic E-state index is 12.6. The van der Waals surface area contributed by atoms with E-state index in [4.69, 9.17) is 32.7 Å². The Bertz CT molecular complexity index is 1170. The maximum Gasteiger partial charge on any atom is 0.255 e. The van der Waals surface area contributed by atoms with Crippen LogP contribution in [-0.2, 0) is 6.61 Å². The second-order valence-corrected chi connectivity index (χ2v) is 7.26. The lowest BCUT2D eigenvalue weighted by Gasteiger charge is -2.11. The molecule has 6 nitrogen and oxygen atoms in total. The molecule has 0 saturated carbocycles. The van der Waals surface area contributed by atoms with E-state index in [2.05, 4.69) is 10.3 Å². The third kappa shape index (κ3) is 4.35. The molecule has 2 aromatic heterocycles. The number of hydrogen-bond acceptors (Lipinski definition) is 4. The monoisotopic (exact) mass is 441 g/mol. The van der Waals surface area contributed by atoms with E-state index >= 15 is 0 Å². The van der Waals surface area contributed by atoms with Gasteiger partial charge in [0, 0.05) is 29.7 Å². The number of halogens is 2. The van der Waals surface area contributed by atoms with Crippen LogP contribution in [0.25, 0.3) is 5.65 Å². The van der Waals surface area contributed by atoms with E-state index in [-0.39, 0.29) is 16.0 Å². The molecule has 0 spiro atoms. The van der Waals surface area contributed by atoms with Crippen molar-refractivity contribution >= 4 is 40.4 Å². The van der Waals surface area contributed by atoms with Crippen molar-refractivity contribution in [2.75, 3.05) is 12.4 Å². The van der Waals surface area contributed by atoms with Gasteiger partial charge in [-0.15, -0.1) is 0 Å². The van der Waals surface area contributed by atoms with Gasteiger partial charge in [0.15, 0.2) is 5.75 Å². The van der Waals surface area contributed by atoms with Gasteiger partial charge < -0.3 is 19.2 Å². The van der Waals surface area contributed by atoms with E-state index in [1.807, 2.05) is 41.1 Å². The third-order valence-electron chi connectivity index (χ3n) is 4.36. The molecule has 0 fully saturated rings. The van der Waals surface area contributed by atoms with Crippen molar-refractivity contribution in [1.29, 1.82) is 0 Å². The van der Waals surface area contributed by atoms with E-state index in [0.717, 1.165) is 11.3 Å². The van der Waals surface area contributed by atoms with Crippen molar-refractivity contribution < 1.29 is 14.3 Å². The second kappa shape index (κ2) is 8.65. The smallest absolute Gasteiger partial charge is 0.255 e. The summed E-state index contributed by atoms with van der Waals surface area (Å²) in [6, 6.07) is 15.9. The number of imidazole rings is 1. The van der Waals surface area contributed by atoms with Crippen LogP contribution in [0, 0.1) is 0 Å². The number of hydrogen-bond donors (Lipinski definition) is 1. The van der Waals surface area contributed by atoms with Gasteiger partial charge in [0.25, 0.3) is 5.91 Å². The van der Waals surface area contributed by atoms with E-state index in [0.29, 0.717) is 29.4 Å². The molecule has 8 heteroatoms. The molecule has 2 aromatic carbocycles. The molecule has 4 rings (SSSR count). The summed E-state index contributed by atoms with van der Waals surface area (Å²) >= 11 is 12.2. The summed E-state index contributed by atoms with van der Waals surface area (Å²) in [6.07, 6.45) is 3.85. The number of amides is 1. The first-order valence-electron chi connectivity index (χ1n) is 9.03. The number of benzene rings is 2. The number of aromatic nitrogens is 2. The lowest BCUT2D eigenvalue weighted by Crippen LogP contribution is -2.12. The normalized spacial score (nSPS) is 10.8. The Morgan fingerprint density at radius 3 is 2.63 bits per heavy atom. The zero-order chi connectivity index (χ0) is 21.1. The standard InChI is InChI=1S/C22H17Cl2N3O3/c1-29-21-18(23)9-14(10-19(21)24)22(28)26-15-5-4-6-17(11-15)30-13-16-12-27-8-3-2-7-20(27)25-16/h2-12H,13H2,1H3,(H,26,28). The summed E-state index contributed by atoms with van der Waals surface area (Å²) in [5.74, 6) is 0.590. The van der Waals surface area contributed by atoms with Gasteiger partial charge in [-0.1, -0.05) is 35.3 Å². The minimum absolute atomic E-state index is 0.264. The number of rotatable bonds is 6. The van der Waals surface area contributed by atoms with Crippen LogP contribution in [0.5, 0.6) is 11.5 Å². The lowest BCUT2D eigenvalue weighted by atomic mass is 10.2. The van der Waals surface area contributed by atoms with Crippen LogP contribution < -0.4 is 14.8 Å². The molecule has 4 aromatic rings. The Labute approximate surface area is 183 Å². The first-order valence-corrected chi connectivity index (χ1v) is 9.79. The lowest BCUT2D eigenvalue weighted by molar-refractivity contribution is 0.102. The molecule has 1 amide bonds. The number of pyridine rings is 1. The summed E-state index contributed by atoms with van der Waals surface area (Å²) in [6.45, 7) is 0.308. The first-order chi connectivity index (χ1) is 14.5. The molecule has 30 heavy (non-hydrogen) atoms. The molecule has 0 bridgehead atoms. The second-order valence-electron chi connectivity index (χ2n) is 6.44. The highest BCUT2D eigenvalue weighted by molar-refractivity contribution is 6.37. The zero-order valence-corrected chi connectivity index (χ0v) is 17.4. The van der Waals surface area contributed by atoms with Crippen molar-refractivity contribution in [3.8, 4) is 11.5 Å². The fraction of sp³-hybridized carbons (Fsp3) is 0.0909. The highest BCUT2D eigenvalue weighted by Crippen LogP contribution is 2.34. The van der Waals surface area contributed by atoms with Crippen molar-refractivity contribution in [3.63, 3.8) is 0 Å². The van der Waals surface area contributed by atoms with Crippen LogP contribution >= 0.6 is 23.2 Å². The number of ether oxygens (including phenoxy) is 2. The Kier molecular flexibility index (Phi) is 5.79. The van der Waals surface area contributed by atoms with Gasteiger partial charge in [-0.2, -0.15) is 0 Å². The quantitative estimate of drug-likeness (QED) is 0.430. The minimum Gasteiger partial charge on any atom is -0.494 e. The van der Waals surface area contributed by atoms with Crippen molar-refractivity contribution in [2.24, 2.45) is 0 Å². The van der Waals surface area contributed by atoms with E-state index in [1.54, 1.807) is 18.2 Å². The van der Waals surface area contributed by atoms with Gasteiger partial charge in [0.1, 0.15) is 18.0 Å². The summed E-state index contributed by atoms with van der Waals surface area (Å²) < 4.78 is 12.9. The first kappa shape index (κ1) is 20.1. The number of methoxy groups -OCH3 is 1. The molecule has 152 valence electrons. The number of nitrogens with one attached hydrogen (secondary N) is 1. The van der Waals surface area contributed by atoms with Gasteiger partial charge in [0.05, 0.1) is 22.8 Å². The number of carbonyl (C=O) groups is 1. The molecule has 0 saturated heterocycles. The SMILES string of the molecule is COc1c(Cl)cc(C(=O)Nc2cccc(OCc3cn4ccccc4n3)c2)cc1Cl. The number of carbonyl (C=O) groups excluding carboxylic acids is 1. The van der Waals surface area contributed by atoms with Crippen molar-refractivity contribution in [2.45, 2.75) is 6.61 Å². The van der Waals surface area contributed by atoms with Crippen molar-refractivity contribution in [1.82, 2.24) is 9.38 Å². The Morgan fingerprint density at radius 2 is 1.90 bits per heavy atom. The van der Waals surface area contributed by atoms with Gasteiger partial charge in [-0.25, -0.2) is 4.98 Å². The fourth-order valence-electron chi connectivity index (χ4n) is 2.97. The van der Waals surface area contributed by atoms with Crippen LogP contribution in [0.3, 0.4) is 0 Å². The summed E-state index contributed by atoms with van der Waals surface area (Å²) in [5, 5.41) is 3.34. The topological polar surface area (TPSA) is 64.9 Å². The average molecular weight is 442 g/mol. The third-order valence-corrected chi connectivity index (χ3v) is 4.92. The number of anilines is 1. The highest BCUT2D eigenvalue weighted by atomic mass is 35.5. The molecule has 1 N–H and O–H groups in total. The number of fused-ring (bicyclic) bond motifs is 1. The van der Waals surface area contributed by atoms with Gasteiger partial charge in [-0.05, 0) is 36.4 Å². The largest absolute Gasteiger partial charge is 0.494 e. The molecule has 0 aliphatic rings. The van der Waals surface area contributed by atoms with E-state index in [9.17, 15) is 4.79 Å². The zero-order valence-electron chi connectivity index (χ0n) is 15.9. The van der Waals surface area contributed by atoms with Gasteiger partial charge >= 0.3 is 0 Å². The van der Waals surface area contributed by atoms with Gasteiger partial charge in [-0.3, -0.25) is 4.79 Å². The van der Waals surface area contributed by atoms with Crippen LogP contribution in [0.4, 0.5) is 5.69 Å². The molecule has 0 aliphatic carbocycles. The minimum atomic E-state index is -0.348. The van der Waals surface area contributed by atoms with Crippen LogP contribution in [0.15, 0.2) is 67.0 Å². The molecule has 2 heterocycles. The predicted molar refractivity (Wildman–Crippen MR) is 117 cm³/mol. The Hall–Kier alpha value is -3.22. The number of nitrogens with zero attached hydrogens (tertiary/aromatic N) is 2.